The first kappa shape index (κ1) is 15.8. The zero-order valence-electron chi connectivity index (χ0n) is 11.3. The van der Waals surface area contributed by atoms with Gasteiger partial charge in [0.25, 0.3) is 0 Å². The predicted octanol–water partition coefficient (Wildman–Crippen LogP) is 2.54. The summed E-state index contributed by atoms with van der Waals surface area (Å²) in [5.74, 6) is 0. The molecule has 4 heteroatoms. The minimum atomic E-state index is 0.213. The monoisotopic (exact) mass is 234 g/mol. The van der Waals surface area contributed by atoms with Gasteiger partial charge in [0.2, 0.25) is 0 Å². The van der Waals surface area contributed by atoms with Crippen molar-refractivity contribution in [2.24, 2.45) is 0 Å². The maximum atomic E-state index is 5.38. The van der Waals surface area contributed by atoms with Crippen LogP contribution < -0.4 is 0 Å². The fourth-order valence-corrected chi connectivity index (χ4v) is 1.47. The number of hydrogen-bond acceptors (Lipinski definition) is 3. The van der Waals surface area contributed by atoms with E-state index in [0.717, 1.165) is 11.0 Å². The molecule has 0 amide bonds. The topological polar surface area (TPSA) is 27.7 Å². The van der Waals surface area contributed by atoms with Gasteiger partial charge in [-0.2, -0.15) is 0 Å². The van der Waals surface area contributed by atoms with Crippen LogP contribution in [0.4, 0.5) is 0 Å². The van der Waals surface area contributed by atoms with E-state index in [1.165, 1.54) is 25.7 Å². The van der Waals surface area contributed by atoms with Gasteiger partial charge >= 0.3 is 0 Å². The van der Waals surface area contributed by atoms with Gasteiger partial charge in [-0.1, -0.05) is 19.8 Å². The lowest BCUT2D eigenvalue weighted by Gasteiger charge is -2.28. The lowest BCUT2D eigenvalue weighted by Crippen LogP contribution is -2.42. The summed E-state index contributed by atoms with van der Waals surface area (Å²) in [6, 6.07) is 0. The maximum Gasteiger partial charge on any atom is 0.186 e. The van der Waals surface area contributed by atoms with Crippen molar-refractivity contribution in [2.45, 2.75) is 39.5 Å². The fourth-order valence-electron chi connectivity index (χ4n) is 1.47. The van der Waals surface area contributed by atoms with Gasteiger partial charge in [-0.15, -0.1) is 0 Å². The van der Waals surface area contributed by atoms with Crippen molar-refractivity contribution in [1.29, 1.82) is 0 Å². The van der Waals surface area contributed by atoms with Crippen molar-refractivity contribution in [3.8, 4) is 0 Å². The summed E-state index contributed by atoms with van der Waals surface area (Å²) in [5.41, 5.74) is 0. The summed E-state index contributed by atoms with van der Waals surface area (Å²) in [7, 11) is 4.35. The van der Waals surface area contributed by atoms with E-state index < -0.39 is 0 Å². The number of quaternary nitrogens is 1. The van der Waals surface area contributed by atoms with E-state index >= 15 is 0 Å². The Morgan fingerprint density at radius 3 is 2.31 bits per heavy atom. The van der Waals surface area contributed by atoms with Crippen LogP contribution in [-0.4, -0.2) is 45.3 Å². The van der Waals surface area contributed by atoms with Gasteiger partial charge in [-0.05, 0) is 19.8 Å². The van der Waals surface area contributed by atoms with E-state index in [9.17, 15) is 0 Å². The Morgan fingerprint density at radius 1 is 0.938 bits per heavy atom. The van der Waals surface area contributed by atoms with Crippen LogP contribution in [0.25, 0.3) is 0 Å². The second-order valence-corrected chi connectivity index (χ2v) is 4.70. The highest BCUT2D eigenvalue weighted by atomic mass is 17.2. The maximum absolute atomic E-state index is 5.38. The highest BCUT2D eigenvalue weighted by Gasteiger charge is 2.14. The first-order valence-corrected chi connectivity index (χ1v) is 6.26. The summed E-state index contributed by atoms with van der Waals surface area (Å²) in [6.07, 6.45) is 5.19. The van der Waals surface area contributed by atoms with Crippen molar-refractivity contribution in [3.05, 3.63) is 0 Å². The van der Waals surface area contributed by atoms with Gasteiger partial charge in [0.1, 0.15) is 0 Å². The standard InChI is InChI=1S/C12H28NO3/c1-5-7-8-9-10-13(3,4)11-14-12-16-15-6-2/h5-12H2,1-4H3/q+1. The van der Waals surface area contributed by atoms with Crippen molar-refractivity contribution >= 4 is 0 Å². The summed E-state index contributed by atoms with van der Waals surface area (Å²) >= 11 is 0. The molecular formula is C12H28NO3+. The lowest BCUT2D eigenvalue weighted by atomic mass is 10.2. The molecule has 0 aliphatic carbocycles. The highest BCUT2D eigenvalue weighted by molar-refractivity contribution is 4.39. The summed E-state index contributed by atoms with van der Waals surface area (Å²) in [5, 5.41) is 0. The molecular weight excluding hydrogens is 206 g/mol. The Morgan fingerprint density at radius 2 is 1.69 bits per heavy atom. The van der Waals surface area contributed by atoms with Crippen molar-refractivity contribution in [2.75, 3.05) is 40.8 Å². The third kappa shape index (κ3) is 10.4. The lowest BCUT2D eigenvalue weighted by molar-refractivity contribution is -0.911. The zero-order chi connectivity index (χ0) is 12.3. The Kier molecular flexibility index (Phi) is 9.92. The number of nitrogens with zero attached hydrogens (tertiary/aromatic N) is 1. The third-order valence-electron chi connectivity index (χ3n) is 2.39. The van der Waals surface area contributed by atoms with Crippen LogP contribution in [0.5, 0.6) is 0 Å². The van der Waals surface area contributed by atoms with E-state index in [1.54, 1.807) is 0 Å². The van der Waals surface area contributed by atoms with Crippen LogP contribution in [0, 0.1) is 0 Å². The van der Waals surface area contributed by atoms with Gasteiger partial charge in [0.15, 0.2) is 13.5 Å². The second-order valence-electron chi connectivity index (χ2n) is 4.70. The number of rotatable bonds is 11. The summed E-state index contributed by atoms with van der Waals surface area (Å²) < 4.78 is 6.26. The molecule has 0 aliphatic heterocycles. The highest BCUT2D eigenvalue weighted by Crippen LogP contribution is 2.05. The van der Waals surface area contributed by atoms with Gasteiger partial charge in [0.05, 0.1) is 27.2 Å². The number of hydrogen-bond donors (Lipinski definition) is 0. The molecule has 0 saturated carbocycles. The molecule has 0 saturated heterocycles. The average molecular weight is 234 g/mol. The molecule has 0 aromatic rings. The second kappa shape index (κ2) is 10.0. The van der Waals surface area contributed by atoms with Gasteiger partial charge in [-0.25, -0.2) is 9.78 Å². The Balaban J connectivity index is 3.38. The molecule has 0 bridgehead atoms. The number of ether oxygens (including phenoxy) is 1. The summed E-state index contributed by atoms with van der Waals surface area (Å²) in [4.78, 5) is 9.52. The Hall–Kier alpha value is -0.160. The number of unbranched alkanes of at least 4 members (excludes halogenated alkanes) is 3. The molecule has 16 heavy (non-hydrogen) atoms. The van der Waals surface area contributed by atoms with Crippen LogP contribution >= 0.6 is 0 Å². The molecule has 0 radical (unpaired) electrons. The summed E-state index contributed by atoms with van der Waals surface area (Å²) in [6.45, 7) is 6.69. The molecule has 0 aromatic heterocycles. The molecule has 0 aromatic carbocycles. The van der Waals surface area contributed by atoms with Crippen molar-refractivity contribution in [1.82, 2.24) is 0 Å². The quantitative estimate of drug-likeness (QED) is 0.181. The zero-order valence-corrected chi connectivity index (χ0v) is 11.3. The van der Waals surface area contributed by atoms with Crippen LogP contribution in [-0.2, 0) is 14.5 Å². The van der Waals surface area contributed by atoms with E-state index in [4.69, 9.17) is 14.5 Å². The minimum Gasteiger partial charge on any atom is -0.306 e. The predicted molar refractivity (Wildman–Crippen MR) is 64.6 cm³/mol. The van der Waals surface area contributed by atoms with Crippen molar-refractivity contribution in [3.63, 3.8) is 0 Å². The van der Waals surface area contributed by atoms with Gasteiger partial charge in [0, 0.05) is 0 Å². The molecule has 0 aliphatic rings. The van der Waals surface area contributed by atoms with E-state index in [2.05, 4.69) is 21.0 Å². The first-order valence-electron chi connectivity index (χ1n) is 6.26. The molecule has 0 atom stereocenters. The first-order chi connectivity index (χ1) is 7.62. The molecule has 0 unspecified atom stereocenters. The molecule has 4 nitrogen and oxygen atoms in total. The molecule has 0 N–H and O–H groups in total. The SMILES string of the molecule is CCCCCC[N+](C)(C)COCOOCC. The van der Waals surface area contributed by atoms with Crippen LogP contribution in [0.3, 0.4) is 0 Å². The average Bonchev–Trinajstić information content (AvgIpc) is 2.24. The molecule has 0 heterocycles. The van der Waals surface area contributed by atoms with E-state index in [1.807, 2.05) is 6.92 Å². The van der Waals surface area contributed by atoms with Crippen LogP contribution in [0.15, 0.2) is 0 Å². The minimum absolute atomic E-state index is 0.213. The molecule has 0 rings (SSSR count). The molecule has 0 spiro atoms. The van der Waals surface area contributed by atoms with Crippen LogP contribution in [0.1, 0.15) is 39.5 Å². The Labute approximate surface area is 100.0 Å². The third-order valence-corrected chi connectivity index (χ3v) is 2.39. The Bertz CT molecular complexity index is 151. The van der Waals surface area contributed by atoms with Crippen molar-refractivity contribution < 1.29 is 19.0 Å². The molecule has 0 fully saturated rings. The molecule has 98 valence electrons. The van der Waals surface area contributed by atoms with Gasteiger partial charge in [-0.3, -0.25) is 0 Å². The van der Waals surface area contributed by atoms with E-state index in [-0.39, 0.29) is 6.79 Å². The smallest absolute Gasteiger partial charge is 0.186 e. The van der Waals surface area contributed by atoms with Gasteiger partial charge < -0.3 is 9.22 Å². The fraction of sp³-hybridized carbons (Fsp3) is 1.00. The largest absolute Gasteiger partial charge is 0.306 e. The van der Waals surface area contributed by atoms with Crippen LogP contribution in [0.2, 0.25) is 0 Å². The van der Waals surface area contributed by atoms with E-state index in [0.29, 0.717) is 13.3 Å². The normalized spacial score (nSPS) is 12.0.